The van der Waals surface area contributed by atoms with Crippen molar-refractivity contribution in [3.8, 4) is 0 Å². The Balaban J connectivity index is -0.0000000300. The zero-order valence-corrected chi connectivity index (χ0v) is 31.4. The minimum absolute atomic E-state index is 0. The minimum atomic E-state index is -0.417. The van der Waals surface area contributed by atoms with Crippen molar-refractivity contribution >= 4 is 0 Å². The molecule has 0 saturated carbocycles. The highest BCUT2D eigenvalue weighted by atomic mass is 16.7. The Bertz CT molecular complexity index is 407. The van der Waals surface area contributed by atoms with E-state index in [9.17, 15) is 0 Å². The Labute approximate surface area is 276 Å². The fourth-order valence-electron chi connectivity index (χ4n) is 0.0833. The van der Waals surface area contributed by atoms with Crippen molar-refractivity contribution in [2.45, 2.75) is 214 Å². The summed E-state index contributed by atoms with van der Waals surface area (Å²) in [6, 6.07) is 0. The normalized spacial score (nSPS) is 11.0. The van der Waals surface area contributed by atoms with E-state index in [1.807, 2.05) is 34.6 Å². The molecule has 0 saturated heterocycles. The van der Waals surface area contributed by atoms with Crippen molar-refractivity contribution in [2.24, 2.45) is 27.1 Å². The molecule has 0 unspecified atom stereocenters. The third kappa shape index (κ3) is 138. The summed E-state index contributed by atoms with van der Waals surface area (Å²) in [5.74, 6) is -0.417. The largest absolute Gasteiger partial charge is 0.379 e. The van der Waals surface area contributed by atoms with Crippen molar-refractivity contribution in [3.63, 3.8) is 0 Å². The standard InChI is InChI=1S/C8H18.C6H14.C5H12O2.C5H12O.2C5H12.5CH4/c1-7(2,3)8(4,5)6;1-5-6(2,3)4;1-5(2,6-3)7-4;1-5(2,3)6-4;2*1-5(2,3)4;;;;;/h1-6H3;5H2,1-4H3;1-4H3;1-4H3;2*1-4H3;5*1H4. The van der Waals surface area contributed by atoms with Crippen LogP contribution in [-0.4, -0.2) is 32.7 Å². The third-order valence-corrected chi connectivity index (χ3v) is 4.91. The first kappa shape index (κ1) is 73.4. The van der Waals surface area contributed by atoms with Crippen LogP contribution in [0.2, 0.25) is 0 Å². The molecule has 0 aliphatic heterocycles. The highest BCUT2D eigenvalue weighted by molar-refractivity contribution is 4.77. The molecule has 0 fully saturated rings. The maximum atomic E-state index is 4.94. The molecule has 0 spiro atoms. The van der Waals surface area contributed by atoms with Crippen molar-refractivity contribution in [3.05, 3.63) is 0 Å². The van der Waals surface area contributed by atoms with Gasteiger partial charge < -0.3 is 14.2 Å². The first-order valence-corrected chi connectivity index (χ1v) is 14.1. The second kappa shape index (κ2) is 30.9. The van der Waals surface area contributed by atoms with Crippen LogP contribution in [0.1, 0.15) is 203 Å². The van der Waals surface area contributed by atoms with E-state index in [1.54, 1.807) is 21.3 Å². The summed E-state index contributed by atoms with van der Waals surface area (Å²) in [5.41, 5.74) is 2.46. The minimum Gasteiger partial charge on any atom is -0.379 e. The van der Waals surface area contributed by atoms with Gasteiger partial charge in [0.05, 0.1) is 5.60 Å². The summed E-state index contributed by atoms with van der Waals surface area (Å²) in [6.07, 6.45) is 1.27. The van der Waals surface area contributed by atoms with Crippen LogP contribution in [0.15, 0.2) is 0 Å². The molecular formula is C39H100O3. The molecule has 0 rings (SSSR count). The van der Waals surface area contributed by atoms with Gasteiger partial charge in [0.1, 0.15) is 0 Å². The fourth-order valence-corrected chi connectivity index (χ4v) is 0.0833. The lowest BCUT2D eigenvalue weighted by molar-refractivity contribution is -0.178. The molecule has 3 heteroatoms. The fraction of sp³-hybridized carbons (Fsp3) is 1.00. The van der Waals surface area contributed by atoms with Crippen LogP contribution in [0.5, 0.6) is 0 Å². The summed E-state index contributed by atoms with van der Waals surface area (Å²) in [7, 11) is 4.94. The van der Waals surface area contributed by atoms with Gasteiger partial charge in [-0.2, -0.15) is 0 Å². The Hall–Kier alpha value is -0.120. The molecule has 3 nitrogen and oxygen atoms in total. The smallest absolute Gasteiger partial charge is 0.161 e. The molecule has 0 aromatic carbocycles. The van der Waals surface area contributed by atoms with Crippen LogP contribution >= 0.6 is 0 Å². The molecule has 0 aliphatic rings. The Morgan fingerprint density at radius 3 is 0.476 bits per heavy atom. The van der Waals surface area contributed by atoms with Gasteiger partial charge in [0.2, 0.25) is 0 Å². The lowest BCUT2D eigenvalue weighted by Gasteiger charge is -2.34. The Morgan fingerprint density at radius 1 is 0.357 bits per heavy atom. The first-order chi connectivity index (χ1) is 15.5. The SMILES string of the molecule is C.C.C.C.C.CC(C)(C)C.CC(C)(C)C.CC(C)(C)C(C)(C)C.CCC(C)(C)C.COC(C)(C)C.COC(C)(C)OC. The van der Waals surface area contributed by atoms with Gasteiger partial charge in [-0.05, 0) is 61.7 Å². The number of methoxy groups -OCH3 is 3. The molecule has 0 atom stereocenters. The molecule has 0 amide bonds. The number of hydrogen-bond acceptors (Lipinski definition) is 3. The summed E-state index contributed by atoms with van der Waals surface area (Å²) < 4.78 is 14.7. The van der Waals surface area contributed by atoms with Crippen LogP contribution in [0, 0.1) is 27.1 Å². The van der Waals surface area contributed by atoms with Gasteiger partial charge in [-0.1, -0.05) is 168 Å². The van der Waals surface area contributed by atoms with Crippen LogP contribution < -0.4 is 0 Å². The van der Waals surface area contributed by atoms with Gasteiger partial charge in [0, 0.05) is 21.3 Å². The highest BCUT2D eigenvalue weighted by Crippen LogP contribution is 2.36. The van der Waals surface area contributed by atoms with Gasteiger partial charge in [-0.25, -0.2) is 0 Å². The van der Waals surface area contributed by atoms with E-state index in [1.165, 1.54) is 6.42 Å². The molecule has 0 bridgehead atoms. The molecule has 0 N–H and O–H groups in total. The van der Waals surface area contributed by atoms with Crippen LogP contribution in [0.3, 0.4) is 0 Å². The average molecular weight is 617 g/mol. The van der Waals surface area contributed by atoms with Crippen LogP contribution in [0.25, 0.3) is 0 Å². The lowest BCUT2D eigenvalue weighted by Crippen LogP contribution is -2.25. The van der Waals surface area contributed by atoms with E-state index in [0.717, 1.165) is 0 Å². The molecule has 0 aliphatic carbocycles. The molecule has 0 aromatic rings. The van der Waals surface area contributed by atoms with Gasteiger partial charge in [0.25, 0.3) is 0 Å². The summed E-state index contributed by atoms with van der Waals surface area (Å²) in [4.78, 5) is 0. The monoisotopic (exact) mass is 617 g/mol. The molecular weight excluding hydrogens is 516 g/mol. The van der Waals surface area contributed by atoms with E-state index >= 15 is 0 Å². The topological polar surface area (TPSA) is 27.7 Å². The highest BCUT2D eigenvalue weighted by Gasteiger charge is 2.26. The van der Waals surface area contributed by atoms with Gasteiger partial charge in [-0.3, -0.25) is 0 Å². The molecule has 42 heavy (non-hydrogen) atoms. The third-order valence-electron chi connectivity index (χ3n) is 4.91. The number of ether oxygens (including phenoxy) is 3. The Kier molecular flexibility index (Phi) is 54.0. The van der Waals surface area contributed by atoms with E-state index < -0.39 is 5.79 Å². The second-order valence-electron chi connectivity index (χ2n) is 17.5. The summed E-state index contributed by atoms with van der Waals surface area (Å²) >= 11 is 0. The zero-order chi connectivity index (χ0) is 32.3. The number of hydrogen-bond donors (Lipinski definition) is 0. The van der Waals surface area contributed by atoms with Crippen molar-refractivity contribution < 1.29 is 14.2 Å². The van der Waals surface area contributed by atoms with Gasteiger partial charge >= 0.3 is 0 Å². The predicted octanol–water partition coefficient (Wildman–Crippen LogP) is 15.3. The maximum Gasteiger partial charge on any atom is 0.161 e. The number of rotatable bonds is 2. The molecule has 0 heterocycles. The first-order valence-electron chi connectivity index (χ1n) is 14.1. The van der Waals surface area contributed by atoms with E-state index in [2.05, 4.69) is 125 Å². The second-order valence-corrected chi connectivity index (χ2v) is 17.5. The predicted molar refractivity (Wildman–Crippen MR) is 207 cm³/mol. The van der Waals surface area contributed by atoms with Crippen LogP contribution in [0.4, 0.5) is 0 Å². The Morgan fingerprint density at radius 2 is 0.476 bits per heavy atom. The zero-order valence-electron chi connectivity index (χ0n) is 31.4. The van der Waals surface area contributed by atoms with Crippen molar-refractivity contribution in [1.29, 1.82) is 0 Å². The van der Waals surface area contributed by atoms with Crippen molar-refractivity contribution in [2.75, 3.05) is 21.3 Å². The van der Waals surface area contributed by atoms with E-state index in [0.29, 0.717) is 27.1 Å². The molecule has 0 radical (unpaired) electrons. The van der Waals surface area contributed by atoms with E-state index in [4.69, 9.17) is 14.2 Å². The summed E-state index contributed by atoms with van der Waals surface area (Å²) in [6.45, 7) is 49.8. The lowest BCUT2D eigenvalue weighted by atomic mass is 9.71. The van der Waals surface area contributed by atoms with Crippen molar-refractivity contribution in [1.82, 2.24) is 0 Å². The van der Waals surface area contributed by atoms with E-state index in [-0.39, 0.29) is 42.7 Å². The quantitative estimate of drug-likeness (QED) is 0.289. The van der Waals surface area contributed by atoms with Crippen LogP contribution in [-0.2, 0) is 14.2 Å². The molecule has 274 valence electrons. The summed E-state index contributed by atoms with van der Waals surface area (Å²) in [5, 5.41) is 0. The maximum absolute atomic E-state index is 4.94. The van der Waals surface area contributed by atoms with Gasteiger partial charge in [-0.15, -0.1) is 0 Å². The average Bonchev–Trinajstić information content (AvgIpc) is 2.57. The van der Waals surface area contributed by atoms with Gasteiger partial charge in [0.15, 0.2) is 5.79 Å². The molecule has 0 aromatic heterocycles.